The van der Waals surface area contributed by atoms with Crippen LogP contribution in [0, 0.1) is 10.1 Å². The third-order valence-electron chi connectivity index (χ3n) is 3.85. The molecule has 0 aliphatic rings. The van der Waals surface area contributed by atoms with Crippen LogP contribution in [0.2, 0.25) is 0 Å². The number of carbonyl (C=O) groups excluding carboxylic acids is 2. The largest absolute Gasteiger partial charge is 0.449 e. The van der Waals surface area contributed by atoms with Crippen LogP contribution in [0.15, 0.2) is 42.5 Å². The molecule has 0 aliphatic heterocycles. The Kier molecular flexibility index (Phi) is 6.42. The van der Waals surface area contributed by atoms with E-state index in [0.29, 0.717) is 11.8 Å². The summed E-state index contributed by atoms with van der Waals surface area (Å²) in [6.07, 6.45) is -6.37. The van der Waals surface area contributed by atoms with Crippen LogP contribution >= 0.6 is 0 Å². The summed E-state index contributed by atoms with van der Waals surface area (Å²) < 4.78 is 44.6. The zero-order chi connectivity index (χ0) is 21.8. The van der Waals surface area contributed by atoms with Gasteiger partial charge in [0.15, 0.2) is 6.10 Å². The maximum Gasteiger partial charge on any atom is 0.418 e. The average molecular weight is 411 g/mol. The molecule has 0 spiro atoms. The highest BCUT2D eigenvalue weighted by Crippen LogP contribution is 2.37. The van der Waals surface area contributed by atoms with Crippen LogP contribution < -0.4 is 10.6 Å². The third-order valence-corrected chi connectivity index (χ3v) is 3.85. The summed E-state index contributed by atoms with van der Waals surface area (Å²) >= 11 is 0. The molecule has 2 aromatic rings. The van der Waals surface area contributed by atoms with Gasteiger partial charge in [-0.3, -0.25) is 14.9 Å². The number of para-hydroxylation sites is 1. The van der Waals surface area contributed by atoms with E-state index in [1.54, 1.807) is 25.2 Å². The van der Waals surface area contributed by atoms with Crippen molar-refractivity contribution < 1.29 is 32.4 Å². The fourth-order valence-corrected chi connectivity index (χ4v) is 2.38. The van der Waals surface area contributed by atoms with Crippen LogP contribution in [0.25, 0.3) is 0 Å². The van der Waals surface area contributed by atoms with Crippen molar-refractivity contribution in [1.82, 2.24) is 0 Å². The number of nitro groups is 1. The molecule has 29 heavy (non-hydrogen) atoms. The van der Waals surface area contributed by atoms with Crippen molar-refractivity contribution in [2.24, 2.45) is 0 Å². The first-order valence-electron chi connectivity index (χ1n) is 8.19. The molecule has 0 unspecified atom stereocenters. The van der Waals surface area contributed by atoms with Crippen LogP contribution in [0.3, 0.4) is 0 Å². The molecule has 0 aliphatic carbocycles. The van der Waals surface area contributed by atoms with Gasteiger partial charge in [-0.25, -0.2) is 4.79 Å². The summed E-state index contributed by atoms with van der Waals surface area (Å²) in [7, 11) is 1.58. The molecule has 2 aromatic carbocycles. The number of non-ortho nitro benzene ring substituents is 1. The molecule has 0 radical (unpaired) electrons. The number of carbonyl (C=O) groups is 2. The molecule has 154 valence electrons. The fourth-order valence-electron chi connectivity index (χ4n) is 2.38. The van der Waals surface area contributed by atoms with Crippen LogP contribution in [-0.2, 0) is 15.7 Å². The highest BCUT2D eigenvalue weighted by Gasteiger charge is 2.36. The van der Waals surface area contributed by atoms with Gasteiger partial charge in [0.25, 0.3) is 11.6 Å². The first-order chi connectivity index (χ1) is 13.5. The van der Waals surface area contributed by atoms with Crippen LogP contribution in [0.5, 0.6) is 0 Å². The van der Waals surface area contributed by atoms with Gasteiger partial charge >= 0.3 is 12.1 Å². The van der Waals surface area contributed by atoms with Crippen LogP contribution in [-0.4, -0.2) is 30.0 Å². The number of amides is 1. The number of hydrogen-bond donors (Lipinski definition) is 2. The zero-order valence-corrected chi connectivity index (χ0v) is 15.2. The standard InChI is InChI=1S/C18H16F3N3O5/c1-10(29-17(26)12-5-3-4-6-14(12)22-2)16(25)23-15-8-7-11(24(27)28)9-13(15)18(19,20)21/h3-10,22H,1-2H3,(H,23,25)/t10-/m1/s1. The minimum atomic E-state index is -4.94. The summed E-state index contributed by atoms with van der Waals surface area (Å²) in [4.78, 5) is 34.2. The van der Waals surface area contributed by atoms with E-state index in [2.05, 4.69) is 5.32 Å². The number of esters is 1. The van der Waals surface area contributed by atoms with E-state index in [1.807, 2.05) is 5.32 Å². The minimum absolute atomic E-state index is 0.140. The number of rotatable bonds is 6. The second-order valence-corrected chi connectivity index (χ2v) is 5.82. The highest BCUT2D eigenvalue weighted by atomic mass is 19.4. The summed E-state index contributed by atoms with van der Waals surface area (Å²) in [5.74, 6) is -1.88. The molecule has 0 saturated heterocycles. The lowest BCUT2D eigenvalue weighted by Gasteiger charge is -2.17. The summed E-state index contributed by atoms with van der Waals surface area (Å²) in [5.41, 5.74) is -2.27. The van der Waals surface area contributed by atoms with E-state index < -0.39 is 46.0 Å². The average Bonchev–Trinajstić information content (AvgIpc) is 2.66. The summed E-state index contributed by atoms with van der Waals surface area (Å²) in [5, 5.41) is 15.5. The van der Waals surface area contributed by atoms with E-state index >= 15 is 0 Å². The minimum Gasteiger partial charge on any atom is -0.449 e. The van der Waals surface area contributed by atoms with Crippen LogP contribution in [0.1, 0.15) is 22.8 Å². The van der Waals surface area contributed by atoms with Crippen molar-refractivity contribution in [2.45, 2.75) is 19.2 Å². The van der Waals surface area contributed by atoms with Gasteiger partial charge in [0, 0.05) is 24.9 Å². The number of anilines is 2. The topological polar surface area (TPSA) is 111 Å². The Labute approximate surface area is 162 Å². The van der Waals surface area contributed by atoms with Gasteiger partial charge in [0.1, 0.15) is 0 Å². The first kappa shape index (κ1) is 21.7. The summed E-state index contributed by atoms with van der Waals surface area (Å²) in [6, 6.07) is 8.22. The number of nitrogens with one attached hydrogen (secondary N) is 2. The van der Waals surface area contributed by atoms with Gasteiger partial charge in [0.05, 0.1) is 21.7 Å². The number of hydrogen-bond acceptors (Lipinski definition) is 6. The molecule has 1 atom stereocenters. The fraction of sp³-hybridized carbons (Fsp3) is 0.222. The molecule has 0 saturated carbocycles. The van der Waals surface area contributed by atoms with E-state index in [4.69, 9.17) is 4.74 Å². The number of ether oxygens (including phenoxy) is 1. The molecule has 2 N–H and O–H groups in total. The molecule has 0 bridgehead atoms. The predicted molar refractivity (Wildman–Crippen MR) is 97.6 cm³/mol. The molecule has 8 nitrogen and oxygen atoms in total. The highest BCUT2D eigenvalue weighted by molar-refractivity contribution is 6.00. The number of benzene rings is 2. The number of halogens is 3. The van der Waals surface area contributed by atoms with E-state index in [-0.39, 0.29) is 5.56 Å². The second kappa shape index (κ2) is 8.59. The summed E-state index contributed by atoms with van der Waals surface area (Å²) in [6.45, 7) is 1.19. The smallest absolute Gasteiger partial charge is 0.418 e. The Morgan fingerprint density at radius 1 is 1.14 bits per heavy atom. The van der Waals surface area contributed by atoms with E-state index in [1.165, 1.54) is 13.0 Å². The Morgan fingerprint density at radius 3 is 2.38 bits per heavy atom. The van der Waals surface area contributed by atoms with E-state index in [0.717, 1.165) is 12.1 Å². The van der Waals surface area contributed by atoms with Crippen molar-refractivity contribution in [1.29, 1.82) is 0 Å². The first-order valence-corrected chi connectivity index (χ1v) is 8.19. The Hall–Kier alpha value is -3.63. The van der Waals surface area contributed by atoms with Crippen molar-refractivity contribution in [3.05, 3.63) is 63.7 Å². The molecular formula is C18H16F3N3O5. The van der Waals surface area contributed by atoms with Gasteiger partial charge < -0.3 is 15.4 Å². The van der Waals surface area contributed by atoms with Crippen molar-refractivity contribution in [2.75, 3.05) is 17.7 Å². The van der Waals surface area contributed by atoms with Crippen molar-refractivity contribution in [3.8, 4) is 0 Å². The monoisotopic (exact) mass is 411 g/mol. The van der Waals surface area contributed by atoms with Gasteiger partial charge in [0.2, 0.25) is 0 Å². The molecule has 0 aromatic heterocycles. The molecule has 0 heterocycles. The van der Waals surface area contributed by atoms with E-state index in [9.17, 15) is 32.9 Å². The van der Waals surface area contributed by atoms with Gasteiger partial charge in [-0.15, -0.1) is 0 Å². The Bertz CT molecular complexity index is 947. The molecule has 11 heteroatoms. The second-order valence-electron chi connectivity index (χ2n) is 5.82. The zero-order valence-electron chi connectivity index (χ0n) is 15.2. The Morgan fingerprint density at radius 2 is 1.79 bits per heavy atom. The number of nitro benzene ring substituents is 1. The molecule has 2 rings (SSSR count). The number of nitrogens with zero attached hydrogens (tertiary/aromatic N) is 1. The SMILES string of the molecule is CNc1ccccc1C(=O)O[C@H](C)C(=O)Nc1ccc([N+](=O)[O-])cc1C(F)(F)F. The number of alkyl halides is 3. The maximum absolute atomic E-state index is 13.2. The van der Waals surface area contributed by atoms with Gasteiger partial charge in [-0.1, -0.05) is 12.1 Å². The predicted octanol–water partition coefficient (Wildman–Crippen LogP) is 3.84. The van der Waals surface area contributed by atoms with Gasteiger partial charge in [-0.2, -0.15) is 13.2 Å². The molecular weight excluding hydrogens is 395 g/mol. The Balaban J connectivity index is 2.19. The van der Waals surface area contributed by atoms with Crippen molar-refractivity contribution >= 4 is 28.9 Å². The lowest BCUT2D eigenvalue weighted by atomic mass is 10.1. The third kappa shape index (κ3) is 5.21. The quantitative estimate of drug-likeness (QED) is 0.425. The lowest BCUT2D eigenvalue weighted by molar-refractivity contribution is -0.385. The maximum atomic E-state index is 13.2. The van der Waals surface area contributed by atoms with Gasteiger partial charge in [-0.05, 0) is 25.1 Å². The van der Waals surface area contributed by atoms with Crippen LogP contribution in [0.4, 0.5) is 30.2 Å². The molecule has 1 amide bonds. The normalized spacial score (nSPS) is 12.0. The lowest BCUT2D eigenvalue weighted by Crippen LogP contribution is -2.31. The van der Waals surface area contributed by atoms with Crippen molar-refractivity contribution in [3.63, 3.8) is 0 Å². The molecule has 0 fully saturated rings.